The largest absolute Gasteiger partial charge is 0.504 e. The molecule has 3 aliphatic heterocycles. The summed E-state index contributed by atoms with van der Waals surface area (Å²) in [6.45, 7) is 2.89. The molecule has 1 amide bonds. The van der Waals surface area contributed by atoms with Gasteiger partial charge in [0.25, 0.3) is 11.5 Å². The molecule has 1 saturated heterocycles. The highest BCUT2D eigenvalue weighted by Gasteiger charge is 2.56. The summed E-state index contributed by atoms with van der Waals surface area (Å²) in [5.41, 5.74) is -2.77. The second-order valence-corrected chi connectivity index (χ2v) is 12.9. The van der Waals surface area contributed by atoms with Crippen molar-refractivity contribution in [3.63, 3.8) is 0 Å². The summed E-state index contributed by atoms with van der Waals surface area (Å²) in [7, 11) is 0. The van der Waals surface area contributed by atoms with Crippen LogP contribution in [0.1, 0.15) is 64.7 Å². The first kappa shape index (κ1) is 34.8. The number of hydrogen-bond donors (Lipinski definition) is 3. The standard InChI is InChI=1S/C32H31ClF4N8O6/c1-15-26(47)24(39-14-38-15)29(49)43-8-7-31(21(34)12-43)23-25(16(2)51-31)44(13-22(46)40-20-4-3-18(11-19(20)33)32(35,36)37)30-41-27(42-45(30)28(23)48)17-5-9-50-10-6-17/h3-5,11,14,16,21-22,40,46-47H,6-10,12-13H2,1-2H3/t16-,21-,22?,31+/m1/s1. The van der Waals surface area contributed by atoms with Gasteiger partial charge in [-0.15, -0.1) is 5.10 Å². The van der Waals surface area contributed by atoms with Gasteiger partial charge in [0.1, 0.15) is 18.2 Å². The Kier molecular flexibility index (Phi) is 8.76. The van der Waals surface area contributed by atoms with E-state index in [2.05, 4.69) is 25.4 Å². The molecule has 4 aromatic rings. The average molecular weight is 735 g/mol. The second kappa shape index (κ2) is 12.8. The Morgan fingerprint density at radius 2 is 2.06 bits per heavy atom. The maximum Gasteiger partial charge on any atom is 0.416 e. The molecule has 51 heavy (non-hydrogen) atoms. The number of carbonyl (C=O) groups is 1. The summed E-state index contributed by atoms with van der Waals surface area (Å²) < 4.78 is 70.5. The number of fused-ring (bicyclic) bond motifs is 3. The molecule has 0 radical (unpaired) electrons. The van der Waals surface area contributed by atoms with Crippen molar-refractivity contribution >= 4 is 34.5 Å². The summed E-state index contributed by atoms with van der Waals surface area (Å²) in [6, 6.07) is 2.62. The Bertz CT molecular complexity index is 2140. The SMILES string of the molecule is Cc1ncnc(C(=O)N2CC[C@]3(O[C@H](C)c4c3c(=O)n3nc(C5=CCOCC5)nc3n4CC(O)Nc3ccc(C(F)(F)F)cc3Cl)[C@H](F)C2)c1O. The van der Waals surface area contributed by atoms with Gasteiger partial charge in [-0.1, -0.05) is 17.7 Å². The summed E-state index contributed by atoms with van der Waals surface area (Å²) in [6.07, 6.45) is -5.80. The Morgan fingerprint density at radius 1 is 1.27 bits per heavy atom. The molecule has 3 aliphatic rings. The zero-order valence-electron chi connectivity index (χ0n) is 27.1. The lowest BCUT2D eigenvalue weighted by Crippen LogP contribution is -2.55. The molecule has 0 saturated carbocycles. The van der Waals surface area contributed by atoms with E-state index < -0.39 is 59.6 Å². The van der Waals surface area contributed by atoms with Gasteiger partial charge in [-0.2, -0.15) is 22.7 Å². The van der Waals surface area contributed by atoms with E-state index in [4.69, 9.17) is 21.1 Å². The normalized spacial score (nSPS) is 22.7. The number of aliphatic hydroxyl groups is 1. The van der Waals surface area contributed by atoms with Gasteiger partial charge in [0.2, 0.25) is 5.78 Å². The molecule has 0 bridgehead atoms. The fourth-order valence-electron chi connectivity index (χ4n) is 6.84. The Morgan fingerprint density at radius 3 is 2.75 bits per heavy atom. The Balaban J connectivity index is 1.28. The monoisotopic (exact) mass is 734 g/mol. The zero-order chi connectivity index (χ0) is 36.4. The molecular weight excluding hydrogens is 704 g/mol. The maximum absolute atomic E-state index is 16.6. The number of nitrogens with zero attached hydrogens (tertiary/aromatic N) is 7. The molecule has 270 valence electrons. The highest BCUT2D eigenvalue weighted by Crippen LogP contribution is 2.49. The highest BCUT2D eigenvalue weighted by atomic mass is 35.5. The number of rotatable bonds is 6. The predicted octanol–water partition coefficient (Wildman–Crippen LogP) is 3.77. The first-order valence-electron chi connectivity index (χ1n) is 15.9. The highest BCUT2D eigenvalue weighted by molar-refractivity contribution is 6.33. The quantitative estimate of drug-likeness (QED) is 0.195. The van der Waals surface area contributed by atoms with Gasteiger partial charge in [0, 0.05) is 13.0 Å². The van der Waals surface area contributed by atoms with Crippen molar-refractivity contribution in [2.75, 3.05) is 31.6 Å². The van der Waals surface area contributed by atoms with Gasteiger partial charge in [-0.3, -0.25) is 9.59 Å². The van der Waals surface area contributed by atoms with Crippen LogP contribution in [-0.4, -0.2) is 88.9 Å². The number of amides is 1. The number of aromatic nitrogens is 6. The van der Waals surface area contributed by atoms with Crippen molar-refractivity contribution in [2.24, 2.45) is 0 Å². The molecule has 0 aliphatic carbocycles. The first-order valence-corrected chi connectivity index (χ1v) is 16.3. The number of aromatic hydroxyl groups is 1. The Labute approximate surface area is 291 Å². The summed E-state index contributed by atoms with van der Waals surface area (Å²) >= 11 is 6.13. The summed E-state index contributed by atoms with van der Waals surface area (Å²) in [4.78, 5) is 41.2. The third-order valence-corrected chi connectivity index (χ3v) is 9.65. The number of halogens is 5. The van der Waals surface area contributed by atoms with Crippen LogP contribution in [0.15, 0.2) is 35.4 Å². The van der Waals surface area contributed by atoms with Crippen LogP contribution in [0.4, 0.5) is 23.2 Å². The molecule has 3 aromatic heterocycles. The third-order valence-electron chi connectivity index (χ3n) is 9.34. The van der Waals surface area contributed by atoms with Gasteiger partial charge >= 0.3 is 6.18 Å². The van der Waals surface area contributed by atoms with Gasteiger partial charge in [0.05, 0.1) is 65.6 Å². The van der Waals surface area contributed by atoms with Crippen molar-refractivity contribution in [3.8, 4) is 5.75 Å². The number of aliphatic hydroxyl groups excluding tert-OH is 1. The molecule has 4 atom stereocenters. The average Bonchev–Trinajstić information content (AvgIpc) is 3.67. The van der Waals surface area contributed by atoms with E-state index in [1.807, 2.05) is 0 Å². The van der Waals surface area contributed by atoms with Crippen molar-refractivity contribution in [3.05, 3.63) is 80.0 Å². The molecule has 1 fully saturated rings. The van der Waals surface area contributed by atoms with Crippen molar-refractivity contribution in [2.45, 2.75) is 63.5 Å². The number of benzene rings is 1. The molecule has 14 nitrogen and oxygen atoms in total. The molecule has 19 heteroatoms. The van der Waals surface area contributed by atoms with E-state index in [0.717, 1.165) is 29.0 Å². The van der Waals surface area contributed by atoms with Crippen LogP contribution in [0.3, 0.4) is 0 Å². The minimum Gasteiger partial charge on any atom is -0.504 e. The zero-order valence-corrected chi connectivity index (χ0v) is 27.9. The summed E-state index contributed by atoms with van der Waals surface area (Å²) in [5.74, 6) is -0.922. The van der Waals surface area contributed by atoms with Crippen LogP contribution < -0.4 is 10.9 Å². The molecular formula is C32H31ClF4N8O6. The van der Waals surface area contributed by atoms with Crippen LogP contribution in [0.2, 0.25) is 5.02 Å². The molecule has 6 heterocycles. The van der Waals surface area contributed by atoms with Crippen LogP contribution in [-0.2, 0) is 27.8 Å². The second-order valence-electron chi connectivity index (χ2n) is 12.5. The van der Waals surface area contributed by atoms with E-state index in [-0.39, 0.29) is 64.5 Å². The minimum absolute atomic E-state index is 0.00522. The Hall–Kier alpha value is -4.65. The van der Waals surface area contributed by atoms with Crippen LogP contribution in [0.25, 0.3) is 11.4 Å². The number of aryl methyl sites for hydroxylation is 1. The molecule has 3 N–H and O–H groups in total. The van der Waals surface area contributed by atoms with Crippen LogP contribution >= 0.6 is 11.6 Å². The number of likely N-dealkylation sites (tertiary alicyclic amines) is 1. The molecule has 1 unspecified atom stereocenters. The van der Waals surface area contributed by atoms with Crippen LogP contribution in [0.5, 0.6) is 5.75 Å². The molecule has 1 spiro atoms. The van der Waals surface area contributed by atoms with Crippen molar-refractivity contribution in [1.29, 1.82) is 0 Å². The fourth-order valence-corrected chi connectivity index (χ4v) is 7.07. The lowest BCUT2D eigenvalue weighted by atomic mass is 9.83. The number of ether oxygens (including phenoxy) is 2. The smallest absolute Gasteiger partial charge is 0.416 e. The van der Waals surface area contributed by atoms with Crippen LogP contribution in [0, 0.1) is 6.92 Å². The van der Waals surface area contributed by atoms with E-state index in [1.54, 1.807) is 13.0 Å². The number of piperidine rings is 1. The lowest BCUT2D eigenvalue weighted by Gasteiger charge is -2.41. The van der Waals surface area contributed by atoms with E-state index in [9.17, 15) is 33.0 Å². The number of nitrogens with one attached hydrogen (secondary N) is 1. The van der Waals surface area contributed by atoms with Gasteiger partial charge in [0.15, 0.2) is 23.4 Å². The molecule has 1 aromatic carbocycles. The fraction of sp³-hybridized carbons (Fsp3) is 0.438. The number of hydrogen-bond acceptors (Lipinski definition) is 11. The lowest BCUT2D eigenvalue weighted by molar-refractivity contribution is -0.143. The van der Waals surface area contributed by atoms with Gasteiger partial charge < -0.3 is 34.5 Å². The summed E-state index contributed by atoms with van der Waals surface area (Å²) in [5, 5.41) is 28.5. The minimum atomic E-state index is -4.63. The van der Waals surface area contributed by atoms with Crippen molar-refractivity contribution < 1.29 is 42.0 Å². The molecule has 7 rings (SSSR count). The van der Waals surface area contributed by atoms with E-state index >= 15 is 4.39 Å². The number of alkyl halides is 4. The first-order chi connectivity index (χ1) is 24.2. The maximum atomic E-state index is 16.6. The topological polar surface area (TPSA) is 169 Å². The van der Waals surface area contributed by atoms with E-state index in [1.165, 1.54) is 16.4 Å². The van der Waals surface area contributed by atoms with Crippen molar-refractivity contribution in [1.82, 2.24) is 34.0 Å². The van der Waals surface area contributed by atoms with Gasteiger partial charge in [-0.05, 0) is 44.0 Å². The van der Waals surface area contributed by atoms with Gasteiger partial charge in [-0.25, -0.2) is 14.4 Å². The third kappa shape index (κ3) is 5.98. The predicted molar refractivity (Wildman–Crippen MR) is 172 cm³/mol. The number of anilines is 1. The number of carbonyl (C=O) groups excluding carboxylic acids is 1. The van der Waals surface area contributed by atoms with E-state index in [0.29, 0.717) is 25.2 Å².